The Kier molecular flexibility index (Phi) is 4.23. The molecule has 1 saturated carbocycles. The molecule has 6 heteroatoms. The highest BCUT2D eigenvalue weighted by atomic mass is 127. The fourth-order valence-corrected chi connectivity index (χ4v) is 3.42. The number of halogens is 1. The molecule has 1 aliphatic carbocycles. The van der Waals surface area contributed by atoms with E-state index in [9.17, 15) is 4.79 Å². The summed E-state index contributed by atoms with van der Waals surface area (Å²) in [5.74, 6) is 1.53. The molecule has 0 spiro atoms. The van der Waals surface area contributed by atoms with Crippen LogP contribution in [0.25, 0.3) is 11.4 Å². The van der Waals surface area contributed by atoms with Gasteiger partial charge in [0.1, 0.15) is 5.82 Å². The third-order valence-electron chi connectivity index (χ3n) is 3.85. The van der Waals surface area contributed by atoms with Crippen molar-refractivity contribution in [2.24, 2.45) is 0 Å². The fourth-order valence-electron chi connectivity index (χ4n) is 2.72. The van der Waals surface area contributed by atoms with Gasteiger partial charge in [0.25, 0.3) is 5.56 Å². The number of nitrogens with zero attached hydrogens (tertiary/aromatic N) is 2. The first-order valence-electron chi connectivity index (χ1n) is 6.99. The molecule has 2 aromatic rings. The summed E-state index contributed by atoms with van der Waals surface area (Å²) in [6.45, 7) is 0. The molecule has 110 valence electrons. The number of nitrogens with one attached hydrogen (secondary N) is 1. The van der Waals surface area contributed by atoms with E-state index in [1.54, 1.807) is 19.4 Å². The minimum atomic E-state index is -0.0710. The van der Waals surface area contributed by atoms with Gasteiger partial charge >= 0.3 is 0 Å². The van der Waals surface area contributed by atoms with Crippen LogP contribution in [-0.2, 0) is 0 Å². The molecule has 0 unspecified atom stereocenters. The van der Waals surface area contributed by atoms with E-state index in [0.717, 1.165) is 24.1 Å². The molecule has 5 nitrogen and oxygen atoms in total. The van der Waals surface area contributed by atoms with Crippen LogP contribution >= 0.6 is 22.6 Å². The Morgan fingerprint density at radius 1 is 1.33 bits per heavy atom. The normalized spacial score (nSPS) is 15.3. The molecule has 2 heterocycles. The van der Waals surface area contributed by atoms with Crippen LogP contribution in [0.1, 0.15) is 37.3 Å². The predicted octanol–water partition coefficient (Wildman–Crippen LogP) is 3.10. The maximum atomic E-state index is 12.2. The van der Waals surface area contributed by atoms with Crippen LogP contribution in [-0.4, -0.2) is 22.1 Å². The van der Waals surface area contributed by atoms with Gasteiger partial charge in [-0.2, -0.15) is 0 Å². The third-order valence-corrected chi connectivity index (χ3v) is 4.89. The molecule has 0 aromatic carbocycles. The Hall–Kier alpha value is -1.44. The van der Waals surface area contributed by atoms with Crippen LogP contribution in [0.3, 0.4) is 0 Å². The number of hydrogen-bond donors (Lipinski definition) is 1. The van der Waals surface area contributed by atoms with E-state index in [1.807, 2.05) is 6.07 Å². The molecule has 0 amide bonds. The van der Waals surface area contributed by atoms with Crippen molar-refractivity contribution < 1.29 is 4.74 Å². The van der Waals surface area contributed by atoms with Gasteiger partial charge < -0.3 is 9.72 Å². The summed E-state index contributed by atoms with van der Waals surface area (Å²) in [4.78, 5) is 23.9. The van der Waals surface area contributed by atoms with Gasteiger partial charge in [-0.1, -0.05) is 12.8 Å². The van der Waals surface area contributed by atoms with Gasteiger partial charge in [-0.05, 0) is 41.5 Å². The average Bonchev–Trinajstić information content (AvgIpc) is 3.04. The second kappa shape index (κ2) is 6.13. The van der Waals surface area contributed by atoms with Crippen molar-refractivity contribution in [3.63, 3.8) is 0 Å². The topological polar surface area (TPSA) is 67.9 Å². The summed E-state index contributed by atoms with van der Waals surface area (Å²) in [6.07, 6.45) is 6.34. The highest BCUT2D eigenvalue weighted by molar-refractivity contribution is 14.1. The first-order chi connectivity index (χ1) is 10.2. The SMILES string of the molecule is COc1ccc(-c2nc(C3CCCC3)c(I)c(=O)[nH]2)cn1. The maximum Gasteiger partial charge on any atom is 0.264 e. The van der Waals surface area contributed by atoms with Gasteiger partial charge in [-0.25, -0.2) is 9.97 Å². The molecule has 1 fully saturated rings. The Bertz CT molecular complexity index is 691. The van der Waals surface area contributed by atoms with E-state index in [-0.39, 0.29) is 5.56 Å². The number of hydrogen-bond acceptors (Lipinski definition) is 4. The number of pyridine rings is 1. The summed E-state index contributed by atoms with van der Waals surface area (Å²) in [5, 5.41) is 0. The highest BCUT2D eigenvalue weighted by Gasteiger charge is 2.23. The largest absolute Gasteiger partial charge is 0.481 e. The second-order valence-corrected chi connectivity index (χ2v) is 6.26. The number of rotatable bonds is 3. The zero-order valence-electron chi connectivity index (χ0n) is 11.7. The fraction of sp³-hybridized carbons (Fsp3) is 0.400. The first-order valence-corrected chi connectivity index (χ1v) is 8.07. The molecule has 0 saturated heterocycles. The highest BCUT2D eigenvalue weighted by Crippen LogP contribution is 2.34. The monoisotopic (exact) mass is 397 g/mol. The lowest BCUT2D eigenvalue weighted by Crippen LogP contribution is -2.18. The van der Waals surface area contributed by atoms with Crippen LogP contribution in [0.5, 0.6) is 5.88 Å². The lowest BCUT2D eigenvalue weighted by atomic mass is 10.0. The summed E-state index contributed by atoms with van der Waals surface area (Å²) < 4.78 is 5.76. The molecule has 0 atom stereocenters. The number of aromatic amines is 1. The van der Waals surface area contributed by atoms with E-state index in [2.05, 4.69) is 32.6 Å². The van der Waals surface area contributed by atoms with Crippen molar-refractivity contribution in [3.05, 3.63) is 37.9 Å². The molecule has 1 N–H and O–H groups in total. The molecule has 0 radical (unpaired) electrons. The molecule has 3 rings (SSSR count). The molecule has 2 aromatic heterocycles. The first kappa shape index (κ1) is 14.5. The number of H-pyrrole nitrogens is 1. The molecule has 21 heavy (non-hydrogen) atoms. The second-order valence-electron chi connectivity index (χ2n) is 5.18. The van der Waals surface area contributed by atoms with Crippen molar-refractivity contribution in [2.45, 2.75) is 31.6 Å². The van der Waals surface area contributed by atoms with E-state index < -0.39 is 0 Å². The Labute approximate surface area is 136 Å². The van der Waals surface area contributed by atoms with Crippen LogP contribution in [0.4, 0.5) is 0 Å². The minimum Gasteiger partial charge on any atom is -0.481 e. The lowest BCUT2D eigenvalue weighted by molar-refractivity contribution is 0.398. The van der Waals surface area contributed by atoms with Crippen LogP contribution in [0.15, 0.2) is 23.1 Å². The third kappa shape index (κ3) is 2.95. The van der Waals surface area contributed by atoms with E-state index in [4.69, 9.17) is 9.72 Å². The Morgan fingerprint density at radius 2 is 2.10 bits per heavy atom. The minimum absolute atomic E-state index is 0.0710. The zero-order chi connectivity index (χ0) is 14.8. The predicted molar refractivity (Wildman–Crippen MR) is 88.6 cm³/mol. The molecule has 1 aliphatic rings. The quantitative estimate of drug-likeness (QED) is 0.809. The molecular weight excluding hydrogens is 381 g/mol. The van der Waals surface area contributed by atoms with Crippen molar-refractivity contribution in [3.8, 4) is 17.3 Å². The number of ether oxygens (including phenoxy) is 1. The zero-order valence-corrected chi connectivity index (χ0v) is 13.9. The number of aromatic nitrogens is 3. The molecular formula is C15H16IN3O2. The van der Waals surface area contributed by atoms with Crippen molar-refractivity contribution in [1.82, 2.24) is 15.0 Å². The van der Waals surface area contributed by atoms with E-state index in [0.29, 0.717) is 21.2 Å². The van der Waals surface area contributed by atoms with Gasteiger partial charge in [0.2, 0.25) is 5.88 Å². The van der Waals surface area contributed by atoms with Crippen molar-refractivity contribution >= 4 is 22.6 Å². The van der Waals surface area contributed by atoms with Gasteiger partial charge in [0.15, 0.2) is 0 Å². The maximum absolute atomic E-state index is 12.2. The van der Waals surface area contributed by atoms with Crippen LogP contribution in [0.2, 0.25) is 0 Å². The Balaban J connectivity index is 2.03. The van der Waals surface area contributed by atoms with Gasteiger partial charge in [-0.3, -0.25) is 4.79 Å². The van der Waals surface area contributed by atoms with Crippen molar-refractivity contribution in [1.29, 1.82) is 0 Å². The molecule has 0 bridgehead atoms. The smallest absolute Gasteiger partial charge is 0.264 e. The summed E-state index contributed by atoms with van der Waals surface area (Å²) in [5.41, 5.74) is 1.66. The summed E-state index contributed by atoms with van der Waals surface area (Å²) in [7, 11) is 1.57. The summed E-state index contributed by atoms with van der Waals surface area (Å²) >= 11 is 2.10. The van der Waals surface area contributed by atoms with Crippen LogP contribution in [0, 0.1) is 3.57 Å². The van der Waals surface area contributed by atoms with E-state index in [1.165, 1.54) is 12.8 Å². The van der Waals surface area contributed by atoms with E-state index >= 15 is 0 Å². The van der Waals surface area contributed by atoms with Gasteiger partial charge in [-0.15, -0.1) is 0 Å². The summed E-state index contributed by atoms with van der Waals surface area (Å²) in [6, 6.07) is 3.62. The average molecular weight is 397 g/mol. The number of methoxy groups -OCH3 is 1. The Morgan fingerprint density at radius 3 is 2.71 bits per heavy atom. The van der Waals surface area contributed by atoms with Gasteiger partial charge in [0.05, 0.1) is 16.4 Å². The van der Waals surface area contributed by atoms with Crippen molar-refractivity contribution in [2.75, 3.05) is 7.11 Å². The lowest BCUT2D eigenvalue weighted by Gasteiger charge is -2.12. The standard InChI is InChI=1S/C15H16IN3O2/c1-21-11-7-6-10(8-17-11)14-18-13(9-4-2-3-5-9)12(16)15(20)19-14/h6-9H,2-5H2,1H3,(H,18,19,20). The molecule has 0 aliphatic heterocycles. The van der Waals surface area contributed by atoms with Gasteiger partial charge in [0, 0.05) is 23.7 Å². The van der Waals surface area contributed by atoms with Crippen LogP contribution < -0.4 is 10.3 Å².